The van der Waals surface area contributed by atoms with Crippen LogP contribution in [0, 0.1) is 5.82 Å². The number of halogens is 1. The van der Waals surface area contributed by atoms with E-state index in [0.717, 1.165) is 11.5 Å². The van der Waals surface area contributed by atoms with E-state index in [4.69, 9.17) is 0 Å². The van der Waals surface area contributed by atoms with E-state index in [0.29, 0.717) is 10.3 Å². The highest BCUT2D eigenvalue weighted by Gasteiger charge is 2.13. The van der Waals surface area contributed by atoms with Crippen molar-refractivity contribution in [3.05, 3.63) is 44.6 Å². The van der Waals surface area contributed by atoms with Crippen LogP contribution in [0.4, 0.5) is 4.39 Å². The molecule has 0 spiro atoms. The Hall–Kier alpha value is -1.95. The SMILES string of the molecule is O=c1[nH]sc2[nH]c3cccc(F)c3c(=O)c12. The number of pyridine rings is 1. The van der Waals surface area contributed by atoms with Crippen molar-refractivity contribution in [1.82, 2.24) is 9.36 Å². The minimum absolute atomic E-state index is 0.0115. The second-order valence-corrected chi connectivity index (χ2v) is 4.17. The standard InChI is InChI=1S/C10H5FN2O2S/c11-4-2-1-3-5-6(4)8(14)7-9(15)13-16-10(7)12-5/h1-3H,(H,12,14)(H,13,15). The molecule has 4 nitrogen and oxygen atoms in total. The van der Waals surface area contributed by atoms with Gasteiger partial charge in [0.1, 0.15) is 16.0 Å². The first-order valence-corrected chi connectivity index (χ1v) is 5.32. The second kappa shape index (κ2) is 3.02. The highest BCUT2D eigenvalue weighted by molar-refractivity contribution is 7.12. The molecule has 1 aromatic carbocycles. The van der Waals surface area contributed by atoms with Crippen molar-refractivity contribution < 1.29 is 4.39 Å². The summed E-state index contributed by atoms with van der Waals surface area (Å²) in [5, 5.41) is -0.0819. The molecule has 2 aromatic heterocycles. The lowest BCUT2D eigenvalue weighted by Crippen LogP contribution is -2.12. The van der Waals surface area contributed by atoms with Gasteiger partial charge < -0.3 is 4.98 Å². The Kier molecular flexibility index (Phi) is 1.75. The molecule has 0 bridgehead atoms. The molecule has 16 heavy (non-hydrogen) atoms. The van der Waals surface area contributed by atoms with Gasteiger partial charge in [-0.1, -0.05) is 6.07 Å². The predicted molar refractivity (Wildman–Crippen MR) is 60.5 cm³/mol. The molecule has 0 radical (unpaired) electrons. The normalized spacial score (nSPS) is 11.3. The summed E-state index contributed by atoms with van der Waals surface area (Å²) in [5.41, 5.74) is -0.650. The van der Waals surface area contributed by atoms with Crippen molar-refractivity contribution in [3.8, 4) is 0 Å². The largest absolute Gasteiger partial charge is 0.345 e. The van der Waals surface area contributed by atoms with Gasteiger partial charge in [0.25, 0.3) is 5.56 Å². The first kappa shape index (κ1) is 9.29. The Labute approximate surface area is 91.5 Å². The van der Waals surface area contributed by atoms with Crippen LogP contribution in [0.3, 0.4) is 0 Å². The Morgan fingerprint density at radius 1 is 1.19 bits per heavy atom. The van der Waals surface area contributed by atoms with Crippen molar-refractivity contribution >= 4 is 32.7 Å². The fourth-order valence-electron chi connectivity index (χ4n) is 1.70. The van der Waals surface area contributed by atoms with Gasteiger partial charge in [-0.25, -0.2) is 4.39 Å². The summed E-state index contributed by atoms with van der Waals surface area (Å²) in [6.45, 7) is 0. The lowest BCUT2D eigenvalue weighted by molar-refractivity contribution is 0.639. The summed E-state index contributed by atoms with van der Waals surface area (Å²) in [5.74, 6) is -0.619. The van der Waals surface area contributed by atoms with Crippen LogP contribution < -0.4 is 11.0 Å². The number of H-pyrrole nitrogens is 2. The molecule has 0 saturated carbocycles. The molecule has 0 amide bonds. The number of rotatable bonds is 0. The summed E-state index contributed by atoms with van der Waals surface area (Å²) in [6.07, 6.45) is 0. The van der Waals surface area contributed by atoms with Crippen LogP contribution in [0.5, 0.6) is 0 Å². The molecule has 0 aliphatic carbocycles. The van der Waals surface area contributed by atoms with Crippen LogP contribution in [-0.4, -0.2) is 9.36 Å². The number of benzene rings is 1. The first-order chi connectivity index (χ1) is 7.68. The predicted octanol–water partition coefficient (Wildman–Crippen LogP) is 1.57. The van der Waals surface area contributed by atoms with Crippen molar-refractivity contribution in [3.63, 3.8) is 0 Å². The summed E-state index contributed by atoms with van der Waals surface area (Å²) in [7, 11) is 0. The number of hydrogen-bond acceptors (Lipinski definition) is 3. The molecule has 0 unspecified atom stereocenters. The molecule has 2 N–H and O–H groups in total. The maximum absolute atomic E-state index is 13.5. The number of aromatic amines is 2. The first-order valence-electron chi connectivity index (χ1n) is 4.50. The van der Waals surface area contributed by atoms with E-state index in [2.05, 4.69) is 9.36 Å². The lowest BCUT2D eigenvalue weighted by Gasteiger charge is -1.98. The third-order valence-corrected chi connectivity index (χ3v) is 3.21. The highest BCUT2D eigenvalue weighted by atomic mass is 32.1. The molecule has 0 fully saturated rings. The zero-order valence-corrected chi connectivity index (χ0v) is 8.65. The van der Waals surface area contributed by atoms with E-state index in [9.17, 15) is 14.0 Å². The molecule has 0 atom stereocenters. The van der Waals surface area contributed by atoms with Gasteiger partial charge in [0.15, 0.2) is 0 Å². The molecular formula is C10H5FN2O2S. The van der Waals surface area contributed by atoms with Gasteiger partial charge in [-0.2, -0.15) is 0 Å². The quantitative estimate of drug-likeness (QED) is 0.622. The van der Waals surface area contributed by atoms with Gasteiger partial charge in [-0.15, -0.1) is 0 Å². The molecule has 0 saturated heterocycles. The third-order valence-electron chi connectivity index (χ3n) is 2.42. The average molecular weight is 236 g/mol. The monoisotopic (exact) mass is 236 g/mol. The van der Waals surface area contributed by atoms with Crippen LogP contribution in [0.2, 0.25) is 0 Å². The van der Waals surface area contributed by atoms with Gasteiger partial charge in [0.2, 0.25) is 5.43 Å². The van der Waals surface area contributed by atoms with Crippen molar-refractivity contribution in [2.45, 2.75) is 0 Å². The molecule has 0 aliphatic rings. The minimum Gasteiger partial charge on any atom is -0.345 e. The van der Waals surface area contributed by atoms with Crippen LogP contribution in [0.1, 0.15) is 0 Å². The zero-order chi connectivity index (χ0) is 11.3. The van der Waals surface area contributed by atoms with Crippen LogP contribution in [-0.2, 0) is 0 Å². The molecule has 80 valence electrons. The molecule has 3 aromatic rings. The molecular weight excluding hydrogens is 231 g/mol. The van der Waals surface area contributed by atoms with Gasteiger partial charge in [0, 0.05) is 0 Å². The van der Waals surface area contributed by atoms with E-state index in [1.807, 2.05) is 0 Å². The van der Waals surface area contributed by atoms with E-state index in [1.165, 1.54) is 12.1 Å². The summed E-state index contributed by atoms with van der Waals surface area (Å²) in [4.78, 5) is 26.6. The van der Waals surface area contributed by atoms with E-state index < -0.39 is 16.8 Å². The Morgan fingerprint density at radius 3 is 2.81 bits per heavy atom. The van der Waals surface area contributed by atoms with E-state index in [1.54, 1.807) is 6.07 Å². The maximum atomic E-state index is 13.5. The van der Waals surface area contributed by atoms with Crippen LogP contribution >= 0.6 is 11.5 Å². The van der Waals surface area contributed by atoms with E-state index in [-0.39, 0.29) is 10.8 Å². The van der Waals surface area contributed by atoms with Gasteiger partial charge in [-0.05, 0) is 23.7 Å². The van der Waals surface area contributed by atoms with Crippen molar-refractivity contribution in [2.75, 3.05) is 0 Å². The van der Waals surface area contributed by atoms with Crippen LogP contribution in [0.25, 0.3) is 21.1 Å². The van der Waals surface area contributed by atoms with Gasteiger partial charge in [0.05, 0.1) is 10.9 Å². The number of fused-ring (bicyclic) bond motifs is 2. The van der Waals surface area contributed by atoms with Crippen molar-refractivity contribution in [1.29, 1.82) is 0 Å². The third kappa shape index (κ3) is 1.07. The molecule has 0 aliphatic heterocycles. The number of nitrogens with one attached hydrogen (secondary N) is 2. The second-order valence-electron chi connectivity index (χ2n) is 3.35. The van der Waals surface area contributed by atoms with Gasteiger partial charge in [-0.3, -0.25) is 14.0 Å². The number of hydrogen-bond donors (Lipinski definition) is 2. The minimum atomic E-state index is -0.619. The molecule has 6 heteroatoms. The smallest absolute Gasteiger partial charge is 0.271 e. The number of aromatic nitrogens is 2. The summed E-state index contributed by atoms with van der Waals surface area (Å²) in [6, 6.07) is 4.31. The van der Waals surface area contributed by atoms with Gasteiger partial charge >= 0.3 is 0 Å². The Morgan fingerprint density at radius 2 is 2.00 bits per heavy atom. The van der Waals surface area contributed by atoms with Crippen LogP contribution in [0.15, 0.2) is 27.8 Å². The fraction of sp³-hybridized carbons (Fsp3) is 0. The highest BCUT2D eigenvalue weighted by Crippen LogP contribution is 2.16. The average Bonchev–Trinajstić information content (AvgIpc) is 2.60. The maximum Gasteiger partial charge on any atom is 0.271 e. The topological polar surface area (TPSA) is 65.7 Å². The molecule has 3 rings (SSSR count). The lowest BCUT2D eigenvalue weighted by atomic mass is 10.2. The van der Waals surface area contributed by atoms with E-state index >= 15 is 0 Å². The zero-order valence-electron chi connectivity index (χ0n) is 7.83. The summed E-state index contributed by atoms with van der Waals surface area (Å²) >= 11 is 1.03. The Bertz CT molecular complexity index is 815. The Balaban J connectivity index is 2.76. The summed E-state index contributed by atoms with van der Waals surface area (Å²) < 4.78 is 15.9. The fourth-order valence-corrected chi connectivity index (χ4v) is 2.45. The van der Waals surface area contributed by atoms with Crippen molar-refractivity contribution in [2.24, 2.45) is 0 Å². The molecule has 2 heterocycles.